The molecule has 0 spiro atoms. The highest BCUT2D eigenvalue weighted by Crippen LogP contribution is 2.52. The van der Waals surface area contributed by atoms with E-state index in [-0.39, 0.29) is 11.4 Å². The van der Waals surface area contributed by atoms with Gasteiger partial charge in [0, 0.05) is 44.3 Å². The molecule has 1 saturated carbocycles. The van der Waals surface area contributed by atoms with E-state index in [2.05, 4.69) is 53.3 Å². The molecule has 3 aliphatic rings. The fourth-order valence-electron chi connectivity index (χ4n) is 5.21. The highest BCUT2D eigenvalue weighted by Gasteiger charge is 2.55. The number of allylic oxidation sites excluding steroid dienone is 3. The molecule has 4 nitrogen and oxygen atoms in total. The lowest BCUT2D eigenvalue weighted by Crippen LogP contribution is -2.44. The normalized spacial score (nSPS) is 25.9. The van der Waals surface area contributed by atoms with Gasteiger partial charge in [-0.05, 0) is 43.4 Å². The van der Waals surface area contributed by atoms with E-state index < -0.39 is 0 Å². The van der Waals surface area contributed by atoms with Crippen molar-refractivity contribution in [3.8, 4) is 0 Å². The first-order valence-electron chi connectivity index (χ1n) is 11.7. The summed E-state index contributed by atoms with van der Waals surface area (Å²) >= 11 is 0. The van der Waals surface area contributed by atoms with Crippen LogP contribution < -0.4 is 0 Å². The molecule has 2 aliphatic heterocycles. The highest BCUT2D eigenvalue weighted by atomic mass is 16.5. The maximum absolute atomic E-state index is 12.6. The van der Waals surface area contributed by atoms with Crippen molar-refractivity contribution in [3.05, 3.63) is 72.0 Å². The van der Waals surface area contributed by atoms with Crippen LogP contribution in [-0.2, 0) is 22.5 Å². The number of cyclic esters (lactones) is 1. The van der Waals surface area contributed by atoms with Gasteiger partial charge in [-0.15, -0.1) is 0 Å². The first-order chi connectivity index (χ1) is 15.0. The number of esters is 1. The maximum atomic E-state index is 12.6. The summed E-state index contributed by atoms with van der Waals surface area (Å²) in [7, 11) is 0. The number of rotatable bonds is 6. The Labute approximate surface area is 188 Å². The average Bonchev–Trinajstić information content (AvgIpc) is 3.24. The molecule has 0 radical (unpaired) electrons. The fourth-order valence-corrected chi connectivity index (χ4v) is 5.21. The molecule has 168 valence electrons. The number of ether oxygens (including phenoxy) is 1. The Morgan fingerprint density at radius 2 is 1.94 bits per heavy atom. The molecule has 0 bridgehead atoms. The number of fused-ring (bicyclic) bond motifs is 1. The van der Waals surface area contributed by atoms with Crippen molar-refractivity contribution in [2.45, 2.75) is 46.6 Å². The largest absolute Gasteiger partial charge is 0.465 e. The van der Waals surface area contributed by atoms with E-state index in [1.54, 1.807) is 0 Å². The van der Waals surface area contributed by atoms with Crippen molar-refractivity contribution in [3.63, 3.8) is 0 Å². The van der Waals surface area contributed by atoms with Gasteiger partial charge in [0.15, 0.2) is 0 Å². The maximum Gasteiger partial charge on any atom is 0.313 e. The van der Waals surface area contributed by atoms with Crippen LogP contribution in [-0.4, -0.2) is 48.6 Å². The molecule has 0 aromatic heterocycles. The lowest BCUT2D eigenvalue weighted by atomic mass is 9.75. The summed E-state index contributed by atoms with van der Waals surface area (Å²) in [5.74, 6) is 0.272. The van der Waals surface area contributed by atoms with Crippen LogP contribution in [0, 0.1) is 11.3 Å². The summed E-state index contributed by atoms with van der Waals surface area (Å²) in [6.45, 7) is 20.0. The molecule has 0 amide bonds. The van der Waals surface area contributed by atoms with E-state index in [1.807, 2.05) is 26.8 Å². The van der Waals surface area contributed by atoms with E-state index in [0.717, 1.165) is 57.7 Å². The zero-order valence-electron chi connectivity index (χ0n) is 19.5. The summed E-state index contributed by atoms with van der Waals surface area (Å²) < 4.78 is 5.44. The standard InChI is InChI=1S/C25H32N2O2.C2H6/c1-4-6-20(3)27-11-9-26(10-12-27)17-22-8-5-7-21(14-22)16-25-15-19(2)13-23(25)18-29-24(25)28;1-2/h4-8,14,23H,2-3,9-13,15-18H2,1H3;1-2H3/b6-4-;. The van der Waals surface area contributed by atoms with E-state index in [1.165, 1.54) is 16.7 Å². The highest BCUT2D eigenvalue weighted by molar-refractivity contribution is 5.81. The zero-order valence-corrected chi connectivity index (χ0v) is 19.5. The Bertz CT molecular complexity index is 835. The topological polar surface area (TPSA) is 32.8 Å². The van der Waals surface area contributed by atoms with Gasteiger partial charge in [-0.25, -0.2) is 0 Å². The fraction of sp³-hybridized carbons (Fsp3) is 0.519. The Morgan fingerprint density at radius 3 is 2.65 bits per heavy atom. The summed E-state index contributed by atoms with van der Waals surface area (Å²) in [4.78, 5) is 17.4. The van der Waals surface area contributed by atoms with Gasteiger partial charge in [0.05, 0.1) is 12.0 Å². The second-order valence-electron chi connectivity index (χ2n) is 8.83. The number of benzene rings is 1. The molecular formula is C27H38N2O2. The number of hydrogen-bond donors (Lipinski definition) is 0. The van der Waals surface area contributed by atoms with Gasteiger partial charge in [0.25, 0.3) is 0 Å². The van der Waals surface area contributed by atoms with Crippen LogP contribution in [0.1, 0.15) is 44.7 Å². The summed E-state index contributed by atoms with van der Waals surface area (Å²) in [5, 5.41) is 0. The molecule has 1 aliphatic carbocycles. The van der Waals surface area contributed by atoms with Gasteiger partial charge in [0.2, 0.25) is 0 Å². The quantitative estimate of drug-likeness (QED) is 0.368. The minimum Gasteiger partial charge on any atom is -0.465 e. The van der Waals surface area contributed by atoms with Gasteiger partial charge in [-0.1, -0.05) is 62.9 Å². The summed E-state index contributed by atoms with van der Waals surface area (Å²) in [5.41, 5.74) is 4.47. The average molecular weight is 423 g/mol. The third-order valence-electron chi connectivity index (χ3n) is 6.76. The van der Waals surface area contributed by atoms with E-state index in [9.17, 15) is 4.79 Å². The van der Waals surface area contributed by atoms with E-state index in [0.29, 0.717) is 12.5 Å². The van der Waals surface area contributed by atoms with E-state index >= 15 is 0 Å². The second-order valence-corrected chi connectivity index (χ2v) is 8.83. The monoisotopic (exact) mass is 422 g/mol. The summed E-state index contributed by atoms with van der Waals surface area (Å²) in [6.07, 6.45) is 6.59. The van der Waals surface area contributed by atoms with Crippen LogP contribution >= 0.6 is 0 Å². The van der Waals surface area contributed by atoms with Crippen molar-refractivity contribution in [2.24, 2.45) is 11.3 Å². The Kier molecular flexibility index (Phi) is 7.77. The molecule has 3 fully saturated rings. The predicted octanol–water partition coefficient (Wildman–Crippen LogP) is 4.97. The first kappa shape index (κ1) is 23.3. The molecule has 2 heterocycles. The van der Waals surface area contributed by atoms with Gasteiger partial charge in [-0.3, -0.25) is 9.69 Å². The van der Waals surface area contributed by atoms with Crippen molar-refractivity contribution >= 4 is 5.97 Å². The van der Waals surface area contributed by atoms with Crippen LogP contribution in [0.3, 0.4) is 0 Å². The van der Waals surface area contributed by atoms with Crippen LogP contribution in [0.25, 0.3) is 0 Å². The van der Waals surface area contributed by atoms with Gasteiger partial charge in [-0.2, -0.15) is 0 Å². The number of nitrogens with zero attached hydrogens (tertiary/aromatic N) is 2. The molecule has 4 heteroatoms. The molecule has 1 aromatic carbocycles. The smallest absolute Gasteiger partial charge is 0.313 e. The van der Waals surface area contributed by atoms with E-state index in [4.69, 9.17) is 4.74 Å². The van der Waals surface area contributed by atoms with Gasteiger partial charge in [0.1, 0.15) is 0 Å². The molecule has 2 atom stereocenters. The Morgan fingerprint density at radius 1 is 1.23 bits per heavy atom. The number of piperazine rings is 1. The van der Waals surface area contributed by atoms with Crippen LogP contribution in [0.5, 0.6) is 0 Å². The van der Waals surface area contributed by atoms with Crippen molar-refractivity contribution in [1.82, 2.24) is 9.80 Å². The molecule has 2 saturated heterocycles. The number of carbonyl (C=O) groups is 1. The lowest BCUT2D eigenvalue weighted by molar-refractivity contribution is -0.146. The molecular weight excluding hydrogens is 384 g/mol. The molecule has 4 rings (SSSR count). The zero-order chi connectivity index (χ0) is 22.4. The number of carbonyl (C=O) groups excluding carboxylic acids is 1. The summed E-state index contributed by atoms with van der Waals surface area (Å²) in [6, 6.07) is 8.76. The Hall–Kier alpha value is -2.33. The molecule has 1 aromatic rings. The number of hydrogen-bond acceptors (Lipinski definition) is 4. The first-order valence-corrected chi connectivity index (χ1v) is 11.7. The van der Waals surface area contributed by atoms with Crippen LogP contribution in [0.15, 0.2) is 60.8 Å². The predicted molar refractivity (Wildman–Crippen MR) is 128 cm³/mol. The van der Waals surface area contributed by atoms with Crippen molar-refractivity contribution in [1.29, 1.82) is 0 Å². The van der Waals surface area contributed by atoms with Crippen molar-refractivity contribution < 1.29 is 9.53 Å². The minimum absolute atomic E-state index is 0.0240. The molecule has 31 heavy (non-hydrogen) atoms. The van der Waals surface area contributed by atoms with Gasteiger partial charge < -0.3 is 9.64 Å². The van der Waals surface area contributed by atoms with Gasteiger partial charge >= 0.3 is 5.97 Å². The Balaban J connectivity index is 0.00000132. The minimum atomic E-state index is -0.380. The lowest BCUT2D eigenvalue weighted by Gasteiger charge is -2.36. The molecule has 2 unspecified atom stereocenters. The van der Waals surface area contributed by atoms with Crippen LogP contribution in [0.2, 0.25) is 0 Å². The second kappa shape index (κ2) is 10.3. The van der Waals surface area contributed by atoms with Crippen LogP contribution in [0.4, 0.5) is 0 Å². The molecule has 0 N–H and O–H groups in total. The third-order valence-corrected chi connectivity index (χ3v) is 6.76. The van der Waals surface area contributed by atoms with Crippen molar-refractivity contribution in [2.75, 3.05) is 32.8 Å². The SMILES string of the molecule is C=C1CC2COC(=O)C2(Cc2cccc(CN3CCN(C(=C)/C=C\C)CC3)c2)C1.CC. The third kappa shape index (κ3) is 5.12.